The third kappa shape index (κ3) is 4.83. The number of nitrogens with two attached hydrogens (primary N) is 1. The van der Waals surface area contributed by atoms with Crippen molar-refractivity contribution in [1.82, 2.24) is 15.1 Å². The lowest BCUT2D eigenvalue weighted by Crippen LogP contribution is -2.38. The molecule has 1 aliphatic rings. The molecule has 3 rings (SSSR count). The Bertz CT molecular complexity index is 666. The van der Waals surface area contributed by atoms with Crippen molar-refractivity contribution >= 4 is 18.3 Å². The molecule has 3 N–H and O–H groups in total. The van der Waals surface area contributed by atoms with Gasteiger partial charge >= 0.3 is 0 Å². The second kappa shape index (κ2) is 9.02. The first-order valence-corrected chi connectivity index (χ1v) is 8.77. The zero-order chi connectivity index (χ0) is 16.8. The predicted octanol–water partition coefficient (Wildman–Crippen LogP) is 3.21. The van der Waals surface area contributed by atoms with Gasteiger partial charge in [-0.15, -0.1) is 12.4 Å². The standard InChI is InChI=1S/C19H26N4O.ClH/c20-15-19(9-4-1-5-10-19)13-18(24)21-14-16-7-2-3-8-17(16)23-12-6-11-22-23;/h2-3,6-8,11-12H,1,4-5,9-10,13-15,20H2,(H,21,24);1H. The molecule has 0 atom stereocenters. The number of carbonyl (C=O) groups excluding carboxylic acids is 1. The molecule has 0 bridgehead atoms. The molecule has 2 aromatic rings. The van der Waals surface area contributed by atoms with Crippen LogP contribution < -0.4 is 11.1 Å². The molecule has 1 aromatic heterocycles. The summed E-state index contributed by atoms with van der Waals surface area (Å²) in [6.07, 6.45) is 9.98. The summed E-state index contributed by atoms with van der Waals surface area (Å²) in [6.45, 7) is 1.11. The van der Waals surface area contributed by atoms with Gasteiger partial charge in [-0.2, -0.15) is 5.10 Å². The molecule has 5 nitrogen and oxygen atoms in total. The van der Waals surface area contributed by atoms with Gasteiger partial charge in [0.2, 0.25) is 5.91 Å². The van der Waals surface area contributed by atoms with Gasteiger partial charge in [0, 0.05) is 25.4 Å². The highest BCUT2D eigenvalue weighted by molar-refractivity contribution is 5.85. The maximum atomic E-state index is 12.5. The average molecular weight is 363 g/mol. The van der Waals surface area contributed by atoms with Gasteiger partial charge in [0.25, 0.3) is 0 Å². The van der Waals surface area contributed by atoms with Crippen LogP contribution in [0.2, 0.25) is 0 Å². The summed E-state index contributed by atoms with van der Waals surface area (Å²) in [4.78, 5) is 12.5. The summed E-state index contributed by atoms with van der Waals surface area (Å²) in [6, 6.07) is 9.89. The van der Waals surface area contributed by atoms with E-state index in [2.05, 4.69) is 10.4 Å². The number of nitrogens with zero attached hydrogens (tertiary/aromatic N) is 2. The third-order valence-electron chi connectivity index (χ3n) is 5.10. The normalized spacial score (nSPS) is 16.0. The molecule has 6 heteroatoms. The van der Waals surface area contributed by atoms with Gasteiger partial charge in [-0.25, -0.2) is 4.68 Å². The Labute approximate surface area is 155 Å². The summed E-state index contributed by atoms with van der Waals surface area (Å²) < 4.78 is 1.82. The second-order valence-electron chi connectivity index (χ2n) is 6.80. The molecule has 0 spiro atoms. The van der Waals surface area contributed by atoms with Crippen LogP contribution in [0.25, 0.3) is 5.69 Å². The van der Waals surface area contributed by atoms with E-state index in [1.54, 1.807) is 6.20 Å². The van der Waals surface area contributed by atoms with Crippen LogP contribution in [-0.4, -0.2) is 22.2 Å². The monoisotopic (exact) mass is 362 g/mol. The number of hydrogen-bond donors (Lipinski definition) is 2. The van der Waals surface area contributed by atoms with E-state index in [1.807, 2.05) is 41.2 Å². The number of halogens is 1. The van der Waals surface area contributed by atoms with Crippen molar-refractivity contribution in [2.24, 2.45) is 11.1 Å². The van der Waals surface area contributed by atoms with Crippen LogP contribution in [0.1, 0.15) is 44.1 Å². The summed E-state index contributed by atoms with van der Waals surface area (Å²) in [5, 5.41) is 7.35. The number of aromatic nitrogens is 2. The minimum Gasteiger partial charge on any atom is -0.352 e. The first-order chi connectivity index (χ1) is 11.7. The van der Waals surface area contributed by atoms with E-state index in [-0.39, 0.29) is 23.7 Å². The average Bonchev–Trinajstić information content (AvgIpc) is 3.15. The van der Waals surface area contributed by atoms with Gasteiger partial charge in [0.15, 0.2) is 0 Å². The smallest absolute Gasteiger partial charge is 0.220 e. The minimum atomic E-state index is 0. The molecule has 0 aliphatic heterocycles. The van der Waals surface area contributed by atoms with E-state index < -0.39 is 0 Å². The van der Waals surface area contributed by atoms with Crippen LogP contribution >= 0.6 is 12.4 Å². The molecular formula is C19H27ClN4O. The van der Waals surface area contributed by atoms with Gasteiger partial charge in [0.05, 0.1) is 5.69 Å². The molecule has 1 saturated carbocycles. The van der Waals surface area contributed by atoms with E-state index in [4.69, 9.17) is 5.73 Å². The van der Waals surface area contributed by atoms with Crippen molar-refractivity contribution in [3.05, 3.63) is 48.3 Å². The summed E-state index contributed by atoms with van der Waals surface area (Å²) in [5.74, 6) is 0.0950. The van der Waals surface area contributed by atoms with Crippen LogP contribution in [0.15, 0.2) is 42.7 Å². The zero-order valence-electron chi connectivity index (χ0n) is 14.5. The lowest BCUT2D eigenvalue weighted by atomic mass is 9.71. The van der Waals surface area contributed by atoms with Gasteiger partial charge in [0.1, 0.15) is 0 Å². The number of rotatable bonds is 6. The Hall–Kier alpha value is -1.85. The molecule has 25 heavy (non-hydrogen) atoms. The van der Waals surface area contributed by atoms with Gasteiger partial charge in [-0.1, -0.05) is 37.5 Å². The number of para-hydroxylation sites is 1. The van der Waals surface area contributed by atoms with E-state index in [0.29, 0.717) is 19.5 Å². The van der Waals surface area contributed by atoms with Crippen LogP contribution in [0.4, 0.5) is 0 Å². The quantitative estimate of drug-likeness (QED) is 0.828. The number of benzene rings is 1. The molecule has 1 aliphatic carbocycles. The second-order valence-corrected chi connectivity index (χ2v) is 6.80. The van der Waals surface area contributed by atoms with Gasteiger partial charge in [-0.3, -0.25) is 4.79 Å². The highest BCUT2D eigenvalue weighted by atomic mass is 35.5. The Balaban J connectivity index is 0.00000225. The number of nitrogens with one attached hydrogen (secondary N) is 1. The maximum Gasteiger partial charge on any atom is 0.220 e. The van der Waals surface area contributed by atoms with Crippen molar-refractivity contribution in [3.8, 4) is 5.69 Å². The first-order valence-electron chi connectivity index (χ1n) is 8.77. The number of hydrogen-bond acceptors (Lipinski definition) is 3. The minimum absolute atomic E-state index is 0. The fourth-order valence-electron chi connectivity index (χ4n) is 3.65. The molecule has 0 unspecified atom stereocenters. The van der Waals surface area contributed by atoms with E-state index in [0.717, 1.165) is 24.1 Å². The fourth-order valence-corrected chi connectivity index (χ4v) is 3.65. The van der Waals surface area contributed by atoms with Gasteiger partial charge < -0.3 is 11.1 Å². The lowest BCUT2D eigenvalue weighted by Gasteiger charge is -2.35. The maximum absolute atomic E-state index is 12.5. The van der Waals surface area contributed by atoms with E-state index >= 15 is 0 Å². The molecule has 1 amide bonds. The Morgan fingerprint density at radius 2 is 1.96 bits per heavy atom. The Morgan fingerprint density at radius 1 is 1.20 bits per heavy atom. The number of amides is 1. The van der Waals surface area contributed by atoms with Crippen molar-refractivity contribution in [1.29, 1.82) is 0 Å². The third-order valence-corrected chi connectivity index (χ3v) is 5.10. The topological polar surface area (TPSA) is 72.9 Å². The highest BCUT2D eigenvalue weighted by Gasteiger charge is 2.32. The highest BCUT2D eigenvalue weighted by Crippen LogP contribution is 2.38. The summed E-state index contributed by atoms with van der Waals surface area (Å²) in [7, 11) is 0. The SMILES string of the molecule is Cl.NCC1(CC(=O)NCc2ccccc2-n2cccn2)CCCCC1. The number of carbonyl (C=O) groups is 1. The Morgan fingerprint density at radius 3 is 2.64 bits per heavy atom. The fraction of sp³-hybridized carbons (Fsp3) is 0.474. The predicted molar refractivity (Wildman–Crippen MR) is 102 cm³/mol. The van der Waals surface area contributed by atoms with E-state index in [1.165, 1.54) is 19.3 Å². The van der Waals surface area contributed by atoms with Crippen molar-refractivity contribution in [2.75, 3.05) is 6.54 Å². The summed E-state index contributed by atoms with van der Waals surface area (Å²) >= 11 is 0. The van der Waals surface area contributed by atoms with Crippen LogP contribution in [0.3, 0.4) is 0 Å². The van der Waals surface area contributed by atoms with Crippen molar-refractivity contribution in [3.63, 3.8) is 0 Å². The molecule has 136 valence electrons. The van der Waals surface area contributed by atoms with Crippen molar-refractivity contribution < 1.29 is 4.79 Å². The molecule has 0 radical (unpaired) electrons. The molecule has 1 fully saturated rings. The first kappa shape index (κ1) is 19.5. The molecule has 1 aromatic carbocycles. The van der Waals surface area contributed by atoms with Gasteiger partial charge in [-0.05, 0) is 42.5 Å². The molecule has 1 heterocycles. The summed E-state index contributed by atoms with van der Waals surface area (Å²) in [5.41, 5.74) is 8.04. The largest absolute Gasteiger partial charge is 0.352 e. The van der Waals surface area contributed by atoms with Crippen molar-refractivity contribution in [2.45, 2.75) is 45.1 Å². The van der Waals surface area contributed by atoms with Crippen LogP contribution in [0, 0.1) is 5.41 Å². The lowest BCUT2D eigenvalue weighted by molar-refractivity contribution is -0.124. The van der Waals surface area contributed by atoms with Crippen LogP contribution in [-0.2, 0) is 11.3 Å². The molecule has 0 saturated heterocycles. The van der Waals surface area contributed by atoms with E-state index in [9.17, 15) is 4.79 Å². The zero-order valence-corrected chi connectivity index (χ0v) is 15.3. The van der Waals surface area contributed by atoms with Crippen LogP contribution in [0.5, 0.6) is 0 Å². The Kier molecular flexibility index (Phi) is 7.02. The molecular weight excluding hydrogens is 336 g/mol.